The maximum absolute atomic E-state index is 11.5. The van der Waals surface area contributed by atoms with Gasteiger partial charge in [0.15, 0.2) is 0 Å². The van der Waals surface area contributed by atoms with Gasteiger partial charge in [0.05, 0.1) is 13.7 Å². The van der Waals surface area contributed by atoms with E-state index in [0.717, 1.165) is 6.42 Å². The van der Waals surface area contributed by atoms with Crippen LogP contribution in [0.15, 0.2) is 0 Å². The molecule has 2 fully saturated rings. The van der Waals surface area contributed by atoms with Crippen molar-refractivity contribution >= 4 is 12.1 Å². The fraction of sp³-hybridized carbons (Fsp3) is 0.818. The van der Waals surface area contributed by atoms with Crippen LogP contribution in [-0.4, -0.2) is 55.9 Å². The van der Waals surface area contributed by atoms with Crippen LogP contribution in [0.5, 0.6) is 0 Å². The number of fused-ring (bicyclic) bond motifs is 1. The number of carbonyl (C=O) groups is 2. The molecule has 0 aliphatic carbocycles. The van der Waals surface area contributed by atoms with E-state index in [1.165, 1.54) is 7.11 Å². The molecule has 0 aromatic carbocycles. The Balaban J connectivity index is 1.87. The third-order valence-corrected chi connectivity index (χ3v) is 3.41. The first-order valence-corrected chi connectivity index (χ1v) is 5.91. The van der Waals surface area contributed by atoms with Crippen LogP contribution in [-0.2, 0) is 14.3 Å². The molecule has 3 unspecified atom stereocenters. The predicted octanol–water partition coefficient (Wildman–Crippen LogP) is -0.0218. The van der Waals surface area contributed by atoms with Gasteiger partial charge in [-0.1, -0.05) is 0 Å². The van der Waals surface area contributed by atoms with Gasteiger partial charge in [-0.05, 0) is 19.3 Å². The van der Waals surface area contributed by atoms with E-state index in [4.69, 9.17) is 9.47 Å². The van der Waals surface area contributed by atoms with Crippen LogP contribution in [0.25, 0.3) is 0 Å². The highest BCUT2D eigenvalue weighted by atomic mass is 16.6. The van der Waals surface area contributed by atoms with Crippen LogP contribution in [0.1, 0.15) is 13.3 Å². The Kier molecular flexibility index (Phi) is 3.51. The summed E-state index contributed by atoms with van der Waals surface area (Å²) in [5.41, 5.74) is 0. The summed E-state index contributed by atoms with van der Waals surface area (Å²) in [5, 5.41) is 3.21. The average molecular weight is 242 g/mol. The topological polar surface area (TPSA) is 67.9 Å². The van der Waals surface area contributed by atoms with Gasteiger partial charge in [-0.3, -0.25) is 10.1 Å². The lowest BCUT2D eigenvalue weighted by molar-refractivity contribution is -0.142. The lowest BCUT2D eigenvalue weighted by Gasteiger charge is -2.18. The van der Waals surface area contributed by atoms with Crippen molar-refractivity contribution in [2.24, 2.45) is 5.92 Å². The van der Waals surface area contributed by atoms with Gasteiger partial charge in [0, 0.05) is 19.1 Å². The highest BCUT2D eigenvalue weighted by Gasteiger charge is 2.44. The van der Waals surface area contributed by atoms with E-state index >= 15 is 0 Å². The minimum atomic E-state index is -0.265. The summed E-state index contributed by atoms with van der Waals surface area (Å²) in [6.45, 7) is 3.45. The van der Waals surface area contributed by atoms with Gasteiger partial charge >= 0.3 is 12.1 Å². The van der Waals surface area contributed by atoms with Crippen LogP contribution in [0, 0.1) is 5.92 Å². The largest absolute Gasteiger partial charge is 0.468 e. The fourth-order valence-corrected chi connectivity index (χ4v) is 2.60. The van der Waals surface area contributed by atoms with Crippen LogP contribution >= 0.6 is 0 Å². The molecule has 2 saturated heterocycles. The molecule has 1 amide bonds. The van der Waals surface area contributed by atoms with Crippen molar-refractivity contribution in [2.45, 2.75) is 25.4 Å². The zero-order valence-electron chi connectivity index (χ0n) is 10.1. The third kappa shape index (κ3) is 2.36. The molecule has 3 atom stereocenters. The average Bonchev–Trinajstić information content (AvgIpc) is 2.85. The Morgan fingerprint density at radius 2 is 2.18 bits per heavy atom. The first-order chi connectivity index (χ1) is 8.15. The molecule has 17 heavy (non-hydrogen) atoms. The Bertz CT molecular complexity index is 307. The zero-order valence-corrected chi connectivity index (χ0v) is 10.1. The molecular weight excluding hydrogens is 224 g/mol. The summed E-state index contributed by atoms with van der Waals surface area (Å²) in [6.07, 6.45) is 0.464. The number of amides is 1. The van der Waals surface area contributed by atoms with Gasteiger partial charge in [-0.25, -0.2) is 4.79 Å². The number of hydrogen-bond donors (Lipinski definition) is 1. The van der Waals surface area contributed by atoms with Crippen molar-refractivity contribution in [3.63, 3.8) is 0 Å². The van der Waals surface area contributed by atoms with Crippen molar-refractivity contribution in [2.75, 3.05) is 26.8 Å². The number of ether oxygens (including phenoxy) is 2. The molecule has 0 aromatic rings. The molecule has 0 aromatic heterocycles. The Morgan fingerprint density at radius 1 is 1.41 bits per heavy atom. The molecule has 96 valence electrons. The smallest absolute Gasteiger partial charge is 0.409 e. The van der Waals surface area contributed by atoms with E-state index in [1.807, 2.05) is 0 Å². The Labute approximate surface area is 100 Å². The summed E-state index contributed by atoms with van der Waals surface area (Å²) >= 11 is 0. The quantitative estimate of drug-likeness (QED) is 0.689. The summed E-state index contributed by atoms with van der Waals surface area (Å²) < 4.78 is 9.66. The minimum absolute atomic E-state index is 0.184. The van der Waals surface area contributed by atoms with Gasteiger partial charge in [0.25, 0.3) is 0 Å². The number of nitrogens with one attached hydrogen (secondary N) is 1. The Morgan fingerprint density at radius 3 is 2.76 bits per heavy atom. The molecule has 0 saturated carbocycles. The van der Waals surface area contributed by atoms with Gasteiger partial charge < -0.3 is 14.4 Å². The first kappa shape index (κ1) is 12.2. The SMILES string of the molecule is CCOC(=O)N1CC2CC(C(=O)OC)NC2C1. The normalized spacial score (nSPS) is 31.2. The van der Waals surface area contributed by atoms with E-state index in [2.05, 4.69) is 5.32 Å². The number of methoxy groups -OCH3 is 1. The molecule has 2 heterocycles. The molecule has 2 rings (SSSR count). The summed E-state index contributed by atoms with van der Waals surface area (Å²) in [5.74, 6) is 0.102. The number of nitrogens with zero attached hydrogens (tertiary/aromatic N) is 1. The van der Waals surface area contributed by atoms with Crippen LogP contribution in [0.2, 0.25) is 0 Å². The summed E-state index contributed by atoms with van der Waals surface area (Å²) in [4.78, 5) is 24.6. The molecule has 6 nitrogen and oxygen atoms in total. The number of carbonyl (C=O) groups excluding carboxylic acids is 2. The standard InChI is InChI=1S/C11H18N2O4/c1-3-17-11(15)13-5-7-4-8(10(14)16-2)12-9(7)6-13/h7-9,12H,3-6H2,1-2H3. The molecule has 2 aliphatic heterocycles. The molecule has 2 aliphatic rings. The van der Waals surface area contributed by atoms with Crippen molar-refractivity contribution in [1.82, 2.24) is 10.2 Å². The Hall–Kier alpha value is -1.30. The van der Waals surface area contributed by atoms with Gasteiger partial charge in [0.1, 0.15) is 6.04 Å². The van der Waals surface area contributed by atoms with E-state index in [-0.39, 0.29) is 24.1 Å². The molecule has 0 spiro atoms. The third-order valence-electron chi connectivity index (χ3n) is 3.41. The van der Waals surface area contributed by atoms with E-state index < -0.39 is 0 Å². The van der Waals surface area contributed by atoms with Crippen LogP contribution in [0.3, 0.4) is 0 Å². The van der Waals surface area contributed by atoms with Crippen molar-refractivity contribution in [1.29, 1.82) is 0 Å². The predicted molar refractivity (Wildman–Crippen MR) is 59.4 cm³/mol. The number of rotatable bonds is 2. The lowest BCUT2D eigenvalue weighted by atomic mass is 10.0. The summed E-state index contributed by atoms with van der Waals surface area (Å²) in [6, 6.07) is -0.0390. The first-order valence-electron chi connectivity index (χ1n) is 5.91. The van der Waals surface area contributed by atoms with Crippen molar-refractivity contribution in [3.05, 3.63) is 0 Å². The lowest BCUT2D eigenvalue weighted by Crippen LogP contribution is -2.41. The van der Waals surface area contributed by atoms with E-state index in [9.17, 15) is 9.59 Å². The molecule has 0 bridgehead atoms. The molecule has 1 N–H and O–H groups in total. The van der Waals surface area contributed by atoms with Crippen LogP contribution in [0.4, 0.5) is 4.79 Å². The van der Waals surface area contributed by atoms with Gasteiger partial charge in [-0.2, -0.15) is 0 Å². The van der Waals surface area contributed by atoms with Crippen molar-refractivity contribution < 1.29 is 19.1 Å². The zero-order chi connectivity index (χ0) is 12.4. The monoisotopic (exact) mass is 242 g/mol. The van der Waals surface area contributed by atoms with Gasteiger partial charge in [-0.15, -0.1) is 0 Å². The number of hydrogen-bond acceptors (Lipinski definition) is 5. The number of esters is 1. The van der Waals surface area contributed by atoms with Crippen LogP contribution < -0.4 is 5.32 Å². The maximum Gasteiger partial charge on any atom is 0.409 e. The number of likely N-dealkylation sites (tertiary alicyclic amines) is 1. The minimum Gasteiger partial charge on any atom is -0.468 e. The second-order valence-corrected chi connectivity index (χ2v) is 4.45. The fourth-order valence-electron chi connectivity index (χ4n) is 2.60. The highest BCUT2D eigenvalue weighted by Crippen LogP contribution is 2.28. The van der Waals surface area contributed by atoms with E-state index in [1.54, 1.807) is 11.8 Å². The maximum atomic E-state index is 11.5. The van der Waals surface area contributed by atoms with E-state index in [0.29, 0.717) is 25.6 Å². The van der Waals surface area contributed by atoms with Gasteiger partial charge in [0.2, 0.25) is 0 Å². The second kappa shape index (κ2) is 4.91. The molecular formula is C11H18N2O4. The van der Waals surface area contributed by atoms with Crippen molar-refractivity contribution in [3.8, 4) is 0 Å². The molecule has 0 radical (unpaired) electrons. The highest BCUT2D eigenvalue weighted by molar-refractivity contribution is 5.76. The molecule has 6 heteroatoms. The second-order valence-electron chi connectivity index (χ2n) is 4.45. The summed E-state index contributed by atoms with van der Waals surface area (Å²) in [7, 11) is 1.39.